The molecule has 0 aromatic heterocycles. The van der Waals surface area contributed by atoms with E-state index in [1.807, 2.05) is 0 Å². The number of carbonyl (C=O) groups is 6. The van der Waals surface area contributed by atoms with E-state index in [0.29, 0.717) is 17.2 Å². The second kappa shape index (κ2) is 15.9. The standard InChI is InChI=1S/C33H30N6O9/c1-46-25-10-4-19(5-11-25)28(40)34-37-31(43)22-16-23(32(44)38-35-29(41)20-6-12-26(47-2)13-7-20)18-24(17-22)33(45)39-36-30(42)21-8-14-27(48-3)15-9-21/h4-18H,1-3H3,(H,34,40)(H,35,41)(H,36,42)(H,37,43)(H,38,44)(H,39,45). The van der Waals surface area contributed by atoms with E-state index in [1.54, 1.807) is 36.4 Å². The number of rotatable bonds is 9. The van der Waals surface area contributed by atoms with Crippen LogP contribution in [-0.2, 0) is 0 Å². The fourth-order valence-corrected chi connectivity index (χ4v) is 4.02. The highest BCUT2D eigenvalue weighted by Crippen LogP contribution is 2.14. The largest absolute Gasteiger partial charge is 0.497 e. The van der Waals surface area contributed by atoms with E-state index >= 15 is 0 Å². The van der Waals surface area contributed by atoms with Crippen molar-refractivity contribution in [2.45, 2.75) is 0 Å². The summed E-state index contributed by atoms with van der Waals surface area (Å²) in [5, 5.41) is 0. The topological polar surface area (TPSA) is 202 Å². The molecule has 0 atom stereocenters. The molecule has 4 rings (SSSR count). The summed E-state index contributed by atoms with van der Waals surface area (Å²) in [6.45, 7) is 0. The number of benzene rings is 4. The minimum Gasteiger partial charge on any atom is -0.497 e. The molecule has 6 amide bonds. The molecule has 15 nitrogen and oxygen atoms in total. The lowest BCUT2D eigenvalue weighted by molar-refractivity contribution is 0.0838. The summed E-state index contributed by atoms with van der Waals surface area (Å²) in [5.74, 6) is -3.04. The summed E-state index contributed by atoms with van der Waals surface area (Å²) >= 11 is 0. The molecule has 0 unspecified atom stereocenters. The number of hydrazine groups is 3. The zero-order valence-electron chi connectivity index (χ0n) is 25.8. The van der Waals surface area contributed by atoms with Gasteiger partial charge in [0.15, 0.2) is 0 Å². The van der Waals surface area contributed by atoms with Crippen LogP contribution in [0.4, 0.5) is 0 Å². The third kappa shape index (κ3) is 8.85. The van der Waals surface area contributed by atoms with Crippen LogP contribution in [0, 0.1) is 0 Å². The van der Waals surface area contributed by atoms with E-state index in [4.69, 9.17) is 14.2 Å². The molecular weight excluding hydrogens is 624 g/mol. The van der Waals surface area contributed by atoms with Crippen LogP contribution in [0.2, 0.25) is 0 Å². The highest BCUT2D eigenvalue weighted by atomic mass is 16.5. The van der Waals surface area contributed by atoms with Crippen molar-refractivity contribution < 1.29 is 43.0 Å². The SMILES string of the molecule is COc1ccc(C(=O)NNC(=O)c2cc(C(=O)NNC(=O)c3ccc(OC)cc3)cc(C(=O)NNC(=O)c3ccc(OC)cc3)c2)cc1. The first-order valence-corrected chi connectivity index (χ1v) is 14.0. The third-order valence-electron chi connectivity index (χ3n) is 6.64. The van der Waals surface area contributed by atoms with E-state index in [1.165, 1.54) is 57.7 Å². The molecule has 246 valence electrons. The van der Waals surface area contributed by atoms with Gasteiger partial charge in [-0.05, 0) is 91.0 Å². The van der Waals surface area contributed by atoms with Crippen molar-refractivity contribution in [3.63, 3.8) is 0 Å². The van der Waals surface area contributed by atoms with E-state index in [0.717, 1.165) is 18.2 Å². The molecule has 0 heterocycles. The number of nitrogens with one attached hydrogen (secondary N) is 6. The van der Waals surface area contributed by atoms with E-state index in [2.05, 4.69) is 32.6 Å². The van der Waals surface area contributed by atoms with Crippen molar-refractivity contribution in [1.82, 2.24) is 32.6 Å². The van der Waals surface area contributed by atoms with Crippen LogP contribution in [-0.4, -0.2) is 56.8 Å². The Balaban J connectivity index is 1.50. The Morgan fingerprint density at radius 3 is 0.708 bits per heavy atom. The van der Waals surface area contributed by atoms with Crippen LogP contribution < -0.4 is 46.8 Å². The van der Waals surface area contributed by atoms with Crippen molar-refractivity contribution in [3.05, 3.63) is 124 Å². The van der Waals surface area contributed by atoms with Gasteiger partial charge in [0.25, 0.3) is 35.4 Å². The monoisotopic (exact) mass is 654 g/mol. The summed E-state index contributed by atoms with van der Waals surface area (Å²) < 4.78 is 15.2. The lowest BCUT2D eigenvalue weighted by atomic mass is 10.0. The highest BCUT2D eigenvalue weighted by Gasteiger charge is 2.19. The molecular formula is C33H30N6O9. The van der Waals surface area contributed by atoms with Crippen molar-refractivity contribution in [1.29, 1.82) is 0 Å². The third-order valence-corrected chi connectivity index (χ3v) is 6.64. The first-order chi connectivity index (χ1) is 23.1. The first kappa shape index (κ1) is 34.0. The lowest BCUT2D eigenvalue weighted by Gasteiger charge is -2.13. The molecule has 0 aliphatic heterocycles. The molecule has 0 aliphatic rings. The zero-order chi connectivity index (χ0) is 34.6. The van der Waals surface area contributed by atoms with E-state index in [-0.39, 0.29) is 33.4 Å². The number of amides is 6. The van der Waals surface area contributed by atoms with Gasteiger partial charge >= 0.3 is 0 Å². The Labute approximate surface area is 273 Å². The van der Waals surface area contributed by atoms with Crippen molar-refractivity contribution in [2.24, 2.45) is 0 Å². The summed E-state index contributed by atoms with van der Waals surface area (Å²) in [5.41, 5.74) is 13.4. The van der Waals surface area contributed by atoms with Gasteiger partial charge in [0.1, 0.15) is 17.2 Å². The number of ether oxygens (including phenoxy) is 3. The predicted molar refractivity (Wildman–Crippen MR) is 170 cm³/mol. The van der Waals surface area contributed by atoms with Crippen LogP contribution in [0.5, 0.6) is 17.2 Å². The van der Waals surface area contributed by atoms with Gasteiger partial charge in [-0.2, -0.15) is 0 Å². The first-order valence-electron chi connectivity index (χ1n) is 14.0. The van der Waals surface area contributed by atoms with Gasteiger partial charge in [-0.15, -0.1) is 0 Å². The maximum Gasteiger partial charge on any atom is 0.269 e. The number of methoxy groups -OCH3 is 3. The maximum absolute atomic E-state index is 13.1. The molecule has 0 spiro atoms. The van der Waals surface area contributed by atoms with Crippen molar-refractivity contribution in [2.75, 3.05) is 21.3 Å². The highest BCUT2D eigenvalue weighted by molar-refractivity contribution is 6.06. The van der Waals surface area contributed by atoms with Gasteiger partial charge < -0.3 is 14.2 Å². The molecule has 0 saturated heterocycles. The molecule has 4 aromatic rings. The molecule has 0 radical (unpaired) electrons. The van der Waals surface area contributed by atoms with Gasteiger partial charge in [-0.25, -0.2) is 0 Å². The van der Waals surface area contributed by atoms with E-state index in [9.17, 15) is 28.8 Å². The molecule has 0 aliphatic carbocycles. The normalized spacial score (nSPS) is 10.1. The second-order valence-electron chi connectivity index (χ2n) is 9.71. The van der Waals surface area contributed by atoms with Crippen LogP contribution in [0.25, 0.3) is 0 Å². The second-order valence-corrected chi connectivity index (χ2v) is 9.71. The minimum absolute atomic E-state index is 0.212. The Hall–Kier alpha value is -6.90. The van der Waals surface area contributed by atoms with Gasteiger partial charge in [0.2, 0.25) is 0 Å². The Morgan fingerprint density at radius 1 is 0.333 bits per heavy atom. The van der Waals surface area contributed by atoms with Gasteiger partial charge in [-0.3, -0.25) is 61.3 Å². The number of hydrogen-bond acceptors (Lipinski definition) is 9. The molecule has 4 aromatic carbocycles. The van der Waals surface area contributed by atoms with Gasteiger partial charge in [-0.1, -0.05) is 0 Å². The van der Waals surface area contributed by atoms with Gasteiger partial charge in [0, 0.05) is 33.4 Å². The molecule has 15 heteroatoms. The zero-order valence-corrected chi connectivity index (χ0v) is 25.8. The van der Waals surface area contributed by atoms with Gasteiger partial charge in [0.05, 0.1) is 21.3 Å². The molecule has 6 N–H and O–H groups in total. The quantitative estimate of drug-likeness (QED) is 0.146. The number of hydrogen-bond donors (Lipinski definition) is 6. The van der Waals surface area contributed by atoms with Crippen LogP contribution in [0.15, 0.2) is 91.0 Å². The fourth-order valence-electron chi connectivity index (χ4n) is 4.02. The van der Waals surface area contributed by atoms with E-state index < -0.39 is 35.4 Å². The average Bonchev–Trinajstić information content (AvgIpc) is 3.14. The van der Waals surface area contributed by atoms with Crippen molar-refractivity contribution >= 4 is 35.4 Å². The summed E-state index contributed by atoms with van der Waals surface area (Å²) in [6.07, 6.45) is 0. The molecule has 0 saturated carbocycles. The Bertz CT molecular complexity index is 1600. The minimum atomic E-state index is -0.884. The van der Waals surface area contributed by atoms with Crippen LogP contribution >= 0.6 is 0 Å². The predicted octanol–water partition coefficient (Wildman–Crippen LogP) is 1.94. The Kier molecular flexibility index (Phi) is 11.3. The maximum atomic E-state index is 13.1. The molecule has 48 heavy (non-hydrogen) atoms. The number of carbonyl (C=O) groups excluding carboxylic acids is 6. The van der Waals surface area contributed by atoms with Crippen molar-refractivity contribution in [3.8, 4) is 17.2 Å². The van der Waals surface area contributed by atoms with Crippen LogP contribution in [0.1, 0.15) is 62.1 Å². The summed E-state index contributed by atoms with van der Waals surface area (Å²) in [4.78, 5) is 76.8. The summed E-state index contributed by atoms with van der Waals surface area (Å²) in [6, 6.07) is 21.6. The van der Waals surface area contributed by atoms with Crippen LogP contribution in [0.3, 0.4) is 0 Å². The lowest BCUT2D eigenvalue weighted by Crippen LogP contribution is -2.43. The molecule has 0 fully saturated rings. The smallest absolute Gasteiger partial charge is 0.269 e. The summed E-state index contributed by atoms with van der Waals surface area (Å²) in [7, 11) is 4.42. The average molecular weight is 655 g/mol. The molecule has 0 bridgehead atoms. The Morgan fingerprint density at radius 2 is 0.521 bits per heavy atom. The fraction of sp³-hybridized carbons (Fsp3) is 0.0909.